The van der Waals surface area contributed by atoms with E-state index in [9.17, 15) is 24.9 Å². The first-order chi connectivity index (χ1) is 13.2. The summed E-state index contributed by atoms with van der Waals surface area (Å²) < 4.78 is 15.9. The van der Waals surface area contributed by atoms with E-state index in [1.807, 2.05) is 0 Å². The van der Waals surface area contributed by atoms with Crippen molar-refractivity contribution in [1.29, 1.82) is 0 Å². The van der Waals surface area contributed by atoms with Gasteiger partial charge < -0.3 is 29.2 Å². The molecule has 0 aromatic carbocycles. The normalized spacial score (nSPS) is 47.4. The van der Waals surface area contributed by atoms with Gasteiger partial charge in [-0.05, 0) is 25.3 Å². The van der Waals surface area contributed by atoms with Crippen LogP contribution in [0.1, 0.15) is 37.9 Å². The molecule has 4 aliphatic rings. The van der Waals surface area contributed by atoms with Gasteiger partial charge in [-0.25, -0.2) is 9.59 Å². The van der Waals surface area contributed by atoms with Crippen LogP contribution in [0.2, 0.25) is 0 Å². The minimum atomic E-state index is -2.20. The summed E-state index contributed by atoms with van der Waals surface area (Å²) in [5.41, 5.74) is -3.35. The maximum Gasteiger partial charge on any atom is 0.342 e. The highest BCUT2D eigenvalue weighted by Crippen LogP contribution is 2.67. The second kappa shape index (κ2) is 5.46. The molecule has 1 saturated carbocycles. The maximum absolute atomic E-state index is 12.9. The molecule has 7 atom stereocenters. The van der Waals surface area contributed by atoms with Gasteiger partial charge in [-0.3, -0.25) is 0 Å². The van der Waals surface area contributed by atoms with E-state index in [0.717, 1.165) is 0 Å². The van der Waals surface area contributed by atoms with Gasteiger partial charge >= 0.3 is 11.9 Å². The predicted octanol–water partition coefficient (Wildman–Crippen LogP) is 0.620. The number of cyclic esters (lactones) is 2. The Hall–Kier alpha value is -2.16. The van der Waals surface area contributed by atoms with E-state index >= 15 is 0 Å². The molecule has 0 unspecified atom stereocenters. The molecule has 150 valence electrons. The Morgan fingerprint density at radius 1 is 1.21 bits per heavy atom. The number of esters is 2. The van der Waals surface area contributed by atoms with E-state index in [2.05, 4.69) is 0 Å². The molecule has 5 rings (SSSR count). The zero-order valence-electron chi connectivity index (χ0n) is 15.3. The molecular weight excluding hydrogens is 368 g/mol. The molecule has 1 spiro atoms. The molecule has 0 amide bonds. The van der Waals surface area contributed by atoms with Crippen LogP contribution in [0.3, 0.4) is 0 Å². The number of carbonyl (C=O) groups excluding carboxylic acids is 2. The van der Waals surface area contributed by atoms with Crippen molar-refractivity contribution in [2.75, 3.05) is 6.61 Å². The monoisotopic (exact) mass is 390 g/mol. The van der Waals surface area contributed by atoms with Crippen LogP contribution in [0.25, 0.3) is 0 Å². The second-order valence-corrected chi connectivity index (χ2v) is 8.69. The molecule has 2 aliphatic carbocycles. The van der Waals surface area contributed by atoms with Crippen LogP contribution in [0.5, 0.6) is 0 Å². The van der Waals surface area contributed by atoms with E-state index in [4.69, 9.17) is 13.9 Å². The highest BCUT2D eigenvalue weighted by molar-refractivity contribution is 5.93. The highest BCUT2D eigenvalue weighted by Gasteiger charge is 2.76. The second-order valence-electron chi connectivity index (χ2n) is 8.69. The standard InChI is InChI=1S/C20H22O8/c1-18-6-13(10-4-5-26-8-10)28-17(24)20(18,25)14(22)7-19-9-27-16(23)11(19)2-3-12(21)15(18)19/h2,4-5,8,12-15,21-22,25H,3,6-7,9H2,1H3/t12-,13-,14+,15-,18-,19-,20+/m1/s1. The summed E-state index contributed by atoms with van der Waals surface area (Å²) in [6, 6.07) is 1.67. The van der Waals surface area contributed by atoms with Crippen molar-refractivity contribution in [3.05, 3.63) is 35.8 Å². The quantitative estimate of drug-likeness (QED) is 0.596. The summed E-state index contributed by atoms with van der Waals surface area (Å²) in [5.74, 6) is -2.06. The molecule has 1 aromatic rings. The van der Waals surface area contributed by atoms with Crippen LogP contribution < -0.4 is 0 Å². The van der Waals surface area contributed by atoms with E-state index in [1.54, 1.807) is 19.1 Å². The topological polar surface area (TPSA) is 126 Å². The van der Waals surface area contributed by atoms with Gasteiger partial charge in [0.05, 0.1) is 24.7 Å². The number of aliphatic hydroxyl groups excluding tert-OH is 2. The lowest BCUT2D eigenvalue weighted by Gasteiger charge is -2.63. The Morgan fingerprint density at radius 2 is 2.00 bits per heavy atom. The molecule has 0 bridgehead atoms. The van der Waals surface area contributed by atoms with Gasteiger partial charge in [-0.15, -0.1) is 0 Å². The van der Waals surface area contributed by atoms with Crippen LogP contribution in [-0.2, 0) is 19.1 Å². The number of ether oxygens (including phenoxy) is 2. The summed E-state index contributed by atoms with van der Waals surface area (Å²) in [6.07, 6.45) is 1.83. The van der Waals surface area contributed by atoms with Crippen molar-refractivity contribution in [3.8, 4) is 0 Å². The first-order valence-corrected chi connectivity index (χ1v) is 9.43. The third-order valence-electron chi connectivity index (χ3n) is 7.44. The molecule has 2 aliphatic heterocycles. The largest absolute Gasteiger partial charge is 0.472 e. The zero-order valence-corrected chi connectivity index (χ0v) is 15.3. The summed E-state index contributed by atoms with van der Waals surface area (Å²) in [5, 5.41) is 33.3. The molecule has 28 heavy (non-hydrogen) atoms. The van der Waals surface area contributed by atoms with Gasteiger partial charge in [0.2, 0.25) is 0 Å². The van der Waals surface area contributed by atoms with Gasteiger partial charge in [-0.2, -0.15) is 0 Å². The molecule has 3 N–H and O–H groups in total. The SMILES string of the molecule is C[C@]12C[C@H](c3ccoc3)OC(=O)[C@@]1(O)[C@@H](O)C[C@@]13COC(=O)C1=CC[C@@H](O)[C@@H]32. The lowest BCUT2D eigenvalue weighted by atomic mass is 9.42. The van der Waals surface area contributed by atoms with Gasteiger partial charge in [0.25, 0.3) is 0 Å². The lowest BCUT2D eigenvalue weighted by molar-refractivity contribution is -0.283. The highest BCUT2D eigenvalue weighted by atomic mass is 16.6. The van der Waals surface area contributed by atoms with Crippen molar-refractivity contribution in [3.63, 3.8) is 0 Å². The lowest BCUT2D eigenvalue weighted by Crippen LogP contribution is -2.74. The summed E-state index contributed by atoms with van der Waals surface area (Å²) in [6.45, 7) is 1.69. The van der Waals surface area contributed by atoms with Crippen LogP contribution >= 0.6 is 0 Å². The molecule has 3 fully saturated rings. The third-order valence-corrected chi connectivity index (χ3v) is 7.44. The van der Waals surface area contributed by atoms with Crippen LogP contribution in [-0.4, -0.2) is 51.7 Å². The van der Waals surface area contributed by atoms with Crippen LogP contribution in [0, 0.1) is 16.7 Å². The minimum Gasteiger partial charge on any atom is -0.472 e. The third kappa shape index (κ3) is 1.90. The average Bonchev–Trinajstić information content (AvgIpc) is 3.27. The van der Waals surface area contributed by atoms with Gasteiger partial charge in [-0.1, -0.05) is 13.0 Å². The van der Waals surface area contributed by atoms with E-state index in [1.165, 1.54) is 12.5 Å². The number of aliphatic hydroxyl groups is 3. The Labute approximate surface area is 160 Å². The summed E-state index contributed by atoms with van der Waals surface area (Å²) >= 11 is 0. The zero-order chi connectivity index (χ0) is 19.9. The van der Waals surface area contributed by atoms with Crippen molar-refractivity contribution < 1.29 is 38.8 Å². The summed E-state index contributed by atoms with van der Waals surface area (Å²) in [7, 11) is 0. The van der Waals surface area contributed by atoms with Crippen LogP contribution in [0.15, 0.2) is 34.7 Å². The molecule has 8 nitrogen and oxygen atoms in total. The fraction of sp³-hybridized carbons (Fsp3) is 0.600. The van der Waals surface area contributed by atoms with Crippen LogP contribution in [0.4, 0.5) is 0 Å². The van der Waals surface area contributed by atoms with E-state index < -0.39 is 52.6 Å². The summed E-state index contributed by atoms with van der Waals surface area (Å²) in [4.78, 5) is 25.3. The van der Waals surface area contributed by atoms with Gasteiger partial charge in [0.1, 0.15) is 12.7 Å². The molecular formula is C20H22O8. The Bertz CT molecular complexity index is 875. The smallest absolute Gasteiger partial charge is 0.342 e. The molecule has 3 heterocycles. The fourth-order valence-corrected chi connectivity index (χ4v) is 6.22. The van der Waals surface area contributed by atoms with Crippen molar-refractivity contribution in [1.82, 2.24) is 0 Å². The molecule has 2 saturated heterocycles. The minimum absolute atomic E-state index is 0.00749. The van der Waals surface area contributed by atoms with E-state index in [0.29, 0.717) is 11.1 Å². The van der Waals surface area contributed by atoms with Gasteiger partial charge in [0, 0.05) is 27.9 Å². The maximum atomic E-state index is 12.9. The number of hydrogen-bond donors (Lipinski definition) is 3. The van der Waals surface area contributed by atoms with Crippen molar-refractivity contribution in [2.24, 2.45) is 16.7 Å². The molecule has 0 radical (unpaired) electrons. The number of carbonyl (C=O) groups is 2. The Kier molecular flexibility index (Phi) is 3.49. The average molecular weight is 390 g/mol. The van der Waals surface area contributed by atoms with Crippen molar-refractivity contribution >= 4 is 11.9 Å². The number of hydrogen-bond acceptors (Lipinski definition) is 8. The van der Waals surface area contributed by atoms with Crippen molar-refractivity contribution in [2.45, 2.75) is 50.1 Å². The predicted molar refractivity (Wildman–Crippen MR) is 91.4 cm³/mol. The number of rotatable bonds is 1. The molecule has 1 aromatic heterocycles. The molecule has 8 heteroatoms. The van der Waals surface area contributed by atoms with Gasteiger partial charge in [0.15, 0.2) is 5.60 Å². The Morgan fingerprint density at radius 3 is 2.71 bits per heavy atom. The van der Waals surface area contributed by atoms with E-state index in [-0.39, 0.29) is 25.9 Å². The number of fused-ring (bicyclic) bond motifs is 2. The number of furan rings is 1. The Balaban J connectivity index is 1.68. The first kappa shape index (κ1) is 17.9. The first-order valence-electron chi connectivity index (χ1n) is 9.43. The fourth-order valence-electron chi connectivity index (χ4n) is 6.22.